The highest BCUT2D eigenvalue weighted by molar-refractivity contribution is 6.30. The van der Waals surface area contributed by atoms with Crippen LogP contribution in [0.1, 0.15) is 29.6 Å². The first-order valence-electron chi connectivity index (χ1n) is 7.22. The fraction of sp³-hybridized carbons (Fsp3) is 0.312. The first-order valence-corrected chi connectivity index (χ1v) is 7.60. The lowest BCUT2D eigenvalue weighted by molar-refractivity contribution is -0.153. The Morgan fingerprint density at radius 1 is 1.13 bits per heavy atom. The van der Waals surface area contributed by atoms with Gasteiger partial charge in [0.1, 0.15) is 0 Å². The minimum absolute atomic E-state index is 0.198. The number of carbonyl (C=O) groups is 3. The molecule has 0 radical (unpaired) electrons. The second kappa shape index (κ2) is 8.33. The molecule has 0 unspecified atom stereocenters. The maximum atomic E-state index is 11.8. The van der Waals surface area contributed by atoms with Crippen molar-refractivity contribution in [1.82, 2.24) is 10.9 Å². The summed E-state index contributed by atoms with van der Waals surface area (Å²) in [6.07, 6.45) is 6.14. The van der Waals surface area contributed by atoms with E-state index >= 15 is 0 Å². The summed E-state index contributed by atoms with van der Waals surface area (Å²) in [6, 6.07) is 6.19. The third-order valence-electron chi connectivity index (χ3n) is 3.37. The van der Waals surface area contributed by atoms with Gasteiger partial charge in [0, 0.05) is 10.6 Å². The number of allylic oxidation sites excluding steroid dienone is 2. The molecule has 0 saturated heterocycles. The Hall–Kier alpha value is -2.34. The van der Waals surface area contributed by atoms with Gasteiger partial charge in [0.15, 0.2) is 6.61 Å². The van der Waals surface area contributed by atoms with Crippen LogP contribution in [0, 0.1) is 5.92 Å². The molecule has 1 atom stereocenters. The lowest BCUT2D eigenvalue weighted by Gasteiger charge is -2.16. The van der Waals surface area contributed by atoms with E-state index in [1.54, 1.807) is 12.1 Å². The van der Waals surface area contributed by atoms with Gasteiger partial charge in [-0.25, -0.2) is 0 Å². The monoisotopic (exact) mass is 336 g/mol. The minimum Gasteiger partial charge on any atom is -0.455 e. The Bertz CT molecular complexity index is 613. The van der Waals surface area contributed by atoms with Crippen LogP contribution in [0.25, 0.3) is 0 Å². The van der Waals surface area contributed by atoms with Gasteiger partial charge < -0.3 is 4.74 Å². The number of ether oxygens (including phenoxy) is 1. The first kappa shape index (κ1) is 17.0. The fourth-order valence-electron chi connectivity index (χ4n) is 2.10. The molecule has 0 heterocycles. The zero-order valence-corrected chi connectivity index (χ0v) is 13.1. The molecule has 0 spiro atoms. The average molecular weight is 337 g/mol. The third kappa shape index (κ3) is 5.41. The Balaban J connectivity index is 1.70. The Morgan fingerprint density at radius 2 is 1.87 bits per heavy atom. The van der Waals surface area contributed by atoms with Crippen molar-refractivity contribution in [2.45, 2.75) is 19.3 Å². The van der Waals surface area contributed by atoms with Gasteiger partial charge in [0.2, 0.25) is 0 Å². The quantitative estimate of drug-likeness (QED) is 0.500. The zero-order chi connectivity index (χ0) is 16.7. The maximum Gasteiger partial charge on any atom is 0.309 e. The molecule has 0 bridgehead atoms. The lowest BCUT2D eigenvalue weighted by Crippen LogP contribution is -2.43. The van der Waals surface area contributed by atoms with Crippen molar-refractivity contribution in [3.8, 4) is 0 Å². The van der Waals surface area contributed by atoms with E-state index in [4.69, 9.17) is 16.3 Å². The number of benzene rings is 1. The molecule has 1 aromatic rings. The number of rotatable bonds is 4. The highest BCUT2D eigenvalue weighted by Crippen LogP contribution is 2.19. The van der Waals surface area contributed by atoms with Gasteiger partial charge in [-0.15, -0.1) is 0 Å². The van der Waals surface area contributed by atoms with E-state index < -0.39 is 24.4 Å². The highest BCUT2D eigenvalue weighted by Gasteiger charge is 2.21. The van der Waals surface area contributed by atoms with E-state index in [-0.39, 0.29) is 5.92 Å². The molecule has 0 saturated carbocycles. The molecular weight excluding hydrogens is 320 g/mol. The van der Waals surface area contributed by atoms with Crippen molar-refractivity contribution in [1.29, 1.82) is 0 Å². The average Bonchev–Trinajstić information content (AvgIpc) is 2.59. The third-order valence-corrected chi connectivity index (χ3v) is 3.62. The zero-order valence-electron chi connectivity index (χ0n) is 12.4. The molecule has 7 heteroatoms. The van der Waals surface area contributed by atoms with Gasteiger partial charge in [0.25, 0.3) is 11.8 Å². The Labute approximate surface area is 138 Å². The Morgan fingerprint density at radius 3 is 2.52 bits per heavy atom. The molecule has 2 N–H and O–H groups in total. The highest BCUT2D eigenvalue weighted by atomic mass is 35.5. The Kier molecular flexibility index (Phi) is 6.17. The molecule has 2 rings (SSSR count). The standard InChI is InChI=1S/C16H17ClN2O4/c17-13-8-6-11(7-9-13)15(21)19-18-14(20)10-23-16(22)12-4-2-1-3-5-12/h1-2,6-9,12H,3-5,10H2,(H,18,20)(H,19,21)/t12-/m1/s1. The molecular formula is C16H17ClN2O4. The van der Waals surface area contributed by atoms with Gasteiger partial charge in [-0.2, -0.15) is 0 Å². The number of hydrazine groups is 1. The first-order chi connectivity index (χ1) is 11.1. The second-order valence-corrected chi connectivity index (χ2v) is 5.53. The molecule has 2 amide bonds. The molecule has 0 aromatic heterocycles. The summed E-state index contributed by atoms with van der Waals surface area (Å²) >= 11 is 5.72. The lowest BCUT2D eigenvalue weighted by atomic mass is 9.95. The van der Waals surface area contributed by atoms with Crippen LogP contribution in [0.5, 0.6) is 0 Å². The number of hydrogen-bond acceptors (Lipinski definition) is 4. The van der Waals surface area contributed by atoms with Crippen molar-refractivity contribution in [3.63, 3.8) is 0 Å². The van der Waals surface area contributed by atoms with Crippen LogP contribution in [-0.4, -0.2) is 24.4 Å². The molecule has 122 valence electrons. The molecule has 1 aromatic carbocycles. The predicted octanol–water partition coefficient (Wildman–Crippen LogP) is 2.00. The number of nitrogens with one attached hydrogen (secondary N) is 2. The summed E-state index contributed by atoms with van der Waals surface area (Å²) in [5.74, 6) is -1.68. The molecule has 23 heavy (non-hydrogen) atoms. The van der Waals surface area contributed by atoms with Gasteiger partial charge in [-0.05, 0) is 43.5 Å². The fourth-order valence-corrected chi connectivity index (χ4v) is 2.22. The van der Waals surface area contributed by atoms with Crippen LogP contribution in [0.3, 0.4) is 0 Å². The SMILES string of the molecule is O=C(COC(=O)[C@@H]1CC=CCC1)NNC(=O)c1ccc(Cl)cc1. The summed E-state index contributed by atoms with van der Waals surface area (Å²) < 4.78 is 4.94. The molecule has 0 aliphatic heterocycles. The topological polar surface area (TPSA) is 84.5 Å². The number of hydrogen-bond donors (Lipinski definition) is 2. The van der Waals surface area contributed by atoms with Crippen molar-refractivity contribution >= 4 is 29.4 Å². The van der Waals surface area contributed by atoms with Crippen LogP contribution in [0.2, 0.25) is 5.02 Å². The number of esters is 1. The van der Waals surface area contributed by atoms with Crippen molar-refractivity contribution in [2.75, 3.05) is 6.61 Å². The van der Waals surface area contributed by atoms with E-state index in [2.05, 4.69) is 10.9 Å². The molecule has 6 nitrogen and oxygen atoms in total. The van der Waals surface area contributed by atoms with Crippen molar-refractivity contribution < 1.29 is 19.1 Å². The summed E-state index contributed by atoms with van der Waals surface area (Å²) in [7, 11) is 0. The van der Waals surface area contributed by atoms with E-state index in [0.29, 0.717) is 17.0 Å². The van der Waals surface area contributed by atoms with Crippen LogP contribution in [0.4, 0.5) is 0 Å². The summed E-state index contributed by atoms with van der Waals surface area (Å²) in [5, 5.41) is 0.509. The van der Waals surface area contributed by atoms with Crippen LogP contribution in [0.15, 0.2) is 36.4 Å². The van der Waals surface area contributed by atoms with E-state index in [0.717, 1.165) is 12.8 Å². The molecule has 1 aliphatic rings. The van der Waals surface area contributed by atoms with Gasteiger partial charge >= 0.3 is 5.97 Å². The van der Waals surface area contributed by atoms with Crippen LogP contribution in [-0.2, 0) is 14.3 Å². The van der Waals surface area contributed by atoms with Crippen molar-refractivity contribution in [3.05, 3.63) is 47.0 Å². The smallest absolute Gasteiger partial charge is 0.309 e. The molecule has 0 fully saturated rings. The minimum atomic E-state index is -0.605. The number of halogens is 1. The van der Waals surface area contributed by atoms with E-state index in [9.17, 15) is 14.4 Å². The summed E-state index contributed by atoms with van der Waals surface area (Å²) in [5.41, 5.74) is 4.78. The van der Waals surface area contributed by atoms with Gasteiger partial charge in [-0.3, -0.25) is 25.2 Å². The largest absolute Gasteiger partial charge is 0.455 e. The van der Waals surface area contributed by atoms with E-state index in [1.807, 2.05) is 12.2 Å². The predicted molar refractivity (Wildman–Crippen MR) is 84.5 cm³/mol. The second-order valence-electron chi connectivity index (χ2n) is 5.10. The normalized spacial score (nSPS) is 16.5. The number of carbonyl (C=O) groups excluding carboxylic acids is 3. The molecule has 1 aliphatic carbocycles. The summed E-state index contributed by atoms with van der Waals surface area (Å²) in [4.78, 5) is 35.1. The van der Waals surface area contributed by atoms with Crippen LogP contribution < -0.4 is 10.9 Å². The maximum absolute atomic E-state index is 11.8. The van der Waals surface area contributed by atoms with E-state index in [1.165, 1.54) is 12.1 Å². The van der Waals surface area contributed by atoms with Crippen LogP contribution >= 0.6 is 11.6 Å². The number of amides is 2. The van der Waals surface area contributed by atoms with Crippen molar-refractivity contribution in [2.24, 2.45) is 5.92 Å². The van der Waals surface area contributed by atoms with Gasteiger partial charge in [0.05, 0.1) is 5.92 Å². The van der Waals surface area contributed by atoms with Gasteiger partial charge in [-0.1, -0.05) is 23.8 Å². The summed E-state index contributed by atoms with van der Waals surface area (Å²) in [6.45, 7) is -0.431.